The Hall–Kier alpha value is -1.63. The van der Waals surface area contributed by atoms with E-state index in [0.29, 0.717) is 5.13 Å². The summed E-state index contributed by atoms with van der Waals surface area (Å²) >= 11 is 1.40. The first kappa shape index (κ1) is 12.8. The zero-order valence-electron chi connectivity index (χ0n) is 10.2. The van der Waals surface area contributed by atoms with E-state index in [4.69, 9.17) is 17.2 Å². The number of nitrogens with two attached hydrogens (primary N) is 3. The van der Waals surface area contributed by atoms with Gasteiger partial charge in [-0.15, -0.1) is 11.3 Å². The number of primary amides is 1. The summed E-state index contributed by atoms with van der Waals surface area (Å²) in [5.74, 6) is 0.0377. The standard InChI is InChI=1S/C11H17N5OS/c1-11(8(12)17)3-2-6(4-11)7-5-18-10(15-7)16-9(13)14/h5-6H,2-4H2,1H3,(H2,12,17)(H4,13,14,15,16). The van der Waals surface area contributed by atoms with Crippen molar-refractivity contribution in [2.45, 2.75) is 32.1 Å². The Morgan fingerprint density at radius 2 is 2.28 bits per heavy atom. The van der Waals surface area contributed by atoms with E-state index in [-0.39, 0.29) is 17.8 Å². The summed E-state index contributed by atoms with van der Waals surface area (Å²) in [4.78, 5) is 19.7. The first-order valence-electron chi connectivity index (χ1n) is 5.76. The average molecular weight is 267 g/mol. The lowest BCUT2D eigenvalue weighted by atomic mass is 9.86. The average Bonchev–Trinajstić information content (AvgIpc) is 2.85. The van der Waals surface area contributed by atoms with Crippen LogP contribution < -0.4 is 17.2 Å². The van der Waals surface area contributed by atoms with Crippen LogP contribution in [0.4, 0.5) is 5.13 Å². The van der Waals surface area contributed by atoms with Gasteiger partial charge in [0.25, 0.3) is 0 Å². The molecule has 18 heavy (non-hydrogen) atoms. The summed E-state index contributed by atoms with van der Waals surface area (Å²) in [5, 5.41) is 2.50. The van der Waals surface area contributed by atoms with Gasteiger partial charge in [0, 0.05) is 16.7 Å². The lowest BCUT2D eigenvalue weighted by molar-refractivity contribution is -0.126. The fraction of sp³-hybridized carbons (Fsp3) is 0.545. The fourth-order valence-corrected chi connectivity index (χ4v) is 3.13. The molecule has 0 radical (unpaired) electrons. The maximum Gasteiger partial charge on any atom is 0.223 e. The lowest BCUT2D eigenvalue weighted by Gasteiger charge is -2.18. The van der Waals surface area contributed by atoms with E-state index < -0.39 is 5.41 Å². The molecule has 0 bridgehead atoms. The van der Waals surface area contributed by atoms with Crippen molar-refractivity contribution in [3.8, 4) is 0 Å². The van der Waals surface area contributed by atoms with E-state index in [1.165, 1.54) is 11.3 Å². The molecule has 1 saturated carbocycles. The molecule has 7 heteroatoms. The normalized spacial score (nSPS) is 27.1. The van der Waals surface area contributed by atoms with Gasteiger partial charge in [-0.05, 0) is 19.3 Å². The maximum atomic E-state index is 11.4. The molecular weight excluding hydrogens is 250 g/mol. The topological polar surface area (TPSA) is 120 Å². The van der Waals surface area contributed by atoms with Crippen molar-refractivity contribution in [2.75, 3.05) is 0 Å². The summed E-state index contributed by atoms with van der Waals surface area (Å²) in [7, 11) is 0. The summed E-state index contributed by atoms with van der Waals surface area (Å²) in [5.41, 5.74) is 16.6. The van der Waals surface area contributed by atoms with Crippen LogP contribution in [0.25, 0.3) is 0 Å². The number of guanidine groups is 1. The molecule has 6 nitrogen and oxygen atoms in total. The van der Waals surface area contributed by atoms with Crippen molar-refractivity contribution < 1.29 is 4.79 Å². The van der Waals surface area contributed by atoms with Crippen molar-refractivity contribution in [3.05, 3.63) is 11.1 Å². The van der Waals surface area contributed by atoms with Gasteiger partial charge in [0.2, 0.25) is 11.0 Å². The number of nitrogens with zero attached hydrogens (tertiary/aromatic N) is 2. The number of rotatable bonds is 3. The number of amides is 1. The third-order valence-corrected chi connectivity index (χ3v) is 4.24. The molecule has 0 spiro atoms. The van der Waals surface area contributed by atoms with E-state index in [1.807, 2.05) is 12.3 Å². The monoisotopic (exact) mass is 267 g/mol. The second-order valence-corrected chi connectivity index (χ2v) is 5.79. The van der Waals surface area contributed by atoms with E-state index in [0.717, 1.165) is 25.0 Å². The van der Waals surface area contributed by atoms with Gasteiger partial charge < -0.3 is 17.2 Å². The second kappa shape index (κ2) is 4.56. The van der Waals surface area contributed by atoms with E-state index in [9.17, 15) is 4.79 Å². The van der Waals surface area contributed by atoms with Crippen molar-refractivity contribution >= 4 is 28.3 Å². The van der Waals surface area contributed by atoms with Gasteiger partial charge in [-0.1, -0.05) is 6.92 Å². The molecule has 2 atom stereocenters. The van der Waals surface area contributed by atoms with Gasteiger partial charge in [0.05, 0.1) is 5.69 Å². The Morgan fingerprint density at radius 1 is 1.56 bits per heavy atom. The molecular formula is C11H17N5OS. The highest BCUT2D eigenvalue weighted by atomic mass is 32.1. The van der Waals surface area contributed by atoms with E-state index in [1.54, 1.807) is 0 Å². The number of carbonyl (C=O) groups excluding carboxylic acids is 1. The molecule has 1 aliphatic carbocycles. The number of aromatic nitrogens is 1. The molecule has 0 saturated heterocycles. The quantitative estimate of drug-likeness (QED) is 0.554. The van der Waals surface area contributed by atoms with Crippen LogP contribution in [-0.2, 0) is 4.79 Å². The molecule has 1 aliphatic rings. The fourth-order valence-electron chi connectivity index (χ4n) is 2.34. The SMILES string of the molecule is CC1(C(N)=O)CCC(c2csc(N=C(N)N)n2)C1. The minimum absolute atomic E-state index is 0.00398. The van der Waals surface area contributed by atoms with Crippen LogP contribution in [0.2, 0.25) is 0 Å². The highest BCUT2D eigenvalue weighted by molar-refractivity contribution is 7.13. The Bertz CT molecular complexity index is 493. The number of hydrogen-bond acceptors (Lipinski definition) is 4. The van der Waals surface area contributed by atoms with Crippen LogP contribution in [0.1, 0.15) is 37.8 Å². The van der Waals surface area contributed by atoms with Gasteiger partial charge in [-0.3, -0.25) is 4.79 Å². The van der Waals surface area contributed by atoms with Crippen molar-refractivity contribution in [3.63, 3.8) is 0 Å². The van der Waals surface area contributed by atoms with Crippen LogP contribution in [-0.4, -0.2) is 16.9 Å². The van der Waals surface area contributed by atoms with Crippen LogP contribution >= 0.6 is 11.3 Å². The molecule has 2 rings (SSSR count). The summed E-state index contributed by atoms with van der Waals surface area (Å²) < 4.78 is 0. The highest BCUT2D eigenvalue weighted by Crippen LogP contribution is 2.46. The van der Waals surface area contributed by atoms with Gasteiger partial charge in [0.1, 0.15) is 0 Å². The molecule has 1 aromatic heterocycles. The predicted octanol–water partition coefficient (Wildman–Crippen LogP) is 0.807. The maximum absolute atomic E-state index is 11.4. The first-order valence-corrected chi connectivity index (χ1v) is 6.64. The van der Waals surface area contributed by atoms with E-state index in [2.05, 4.69) is 9.98 Å². The van der Waals surface area contributed by atoms with Gasteiger partial charge in [-0.2, -0.15) is 4.99 Å². The molecule has 6 N–H and O–H groups in total. The Morgan fingerprint density at radius 3 is 2.83 bits per heavy atom. The molecule has 1 fully saturated rings. The molecule has 0 aliphatic heterocycles. The minimum Gasteiger partial charge on any atom is -0.370 e. The molecule has 2 unspecified atom stereocenters. The van der Waals surface area contributed by atoms with Crippen molar-refractivity contribution in [2.24, 2.45) is 27.6 Å². The smallest absolute Gasteiger partial charge is 0.223 e. The number of thiazole rings is 1. The number of carbonyl (C=O) groups is 1. The highest BCUT2D eigenvalue weighted by Gasteiger charge is 2.41. The van der Waals surface area contributed by atoms with Crippen LogP contribution in [0.3, 0.4) is 0 Å². The van der Waals surface area contributed by atoms with Gasteiger partial charge in [0.15, 0.2) is 5.96 Å². The Kier molecular flexibility index (Phi) is 3.25. The third-order valence-electron chi connectivity index (χ3n) is 3.49. The largest absolute Gasteiger partial charge is 0.370 e. The molecule has 1 aromatic rings. The minimum atomic E-state index is -0.412. The van der Waals surface area contributed by atoms with Crippen LogP contribution in [0.15, 0.2) is 10.4 Å². The Balaban J connectivity index is 2.13. The summed E-state index contributed by atoms with van der Waals surface area (Å²) in [6.45, 7) is 1.92. The Labute approximate surface area is 109 Å². The zero-order chi connectivity index (χ0) is 13.3. The van der Waals surface area contributed by atoms with E-state index >= 15 is 0 Å². The van der Waals surface area contributed by atoms with Crippen LogP contribution in [0.5, 0.6) is 0 Å². The summed E-state index contributed by atoms with van der Waals surface area (Å²) in [6, 6.07) is 0. The van der Waals surface area contributed by atoms with Gasteiger partial charge in [-0.25, -0.2) is 4.98 Å². The van der Waals surface area contributed by atoms with Crippen LogP contribution in [0, 0.1) is 5.41 Å². The molecule has 98 valence electrons. The van der Waals surface area contributed by atoms with Crippen molar-refractivity contribution in [1.82, 2.24) is 4.98 Å². The number of hydrogen-bond donors (Lipinski definition) is 3. The van der Waals surface area contributed by atoms with Crippen molar-refractivity contribution in [1.29, 1.82) is 0 Å². The summed E-state index contributed by atoms with van der Waals surface area (Å²) in [6.07, 6.45) is 2.47. The van der Waals surface area contributed by atoms with Gasteiger partial charge >= 0.3 is 0 Å². The first-order chi connectivity index (χ1) is 8.40. The molecule has 1 amide bonds. The lowest BCUT2D eigenvalue weighted by Crippen LogP contribution is -2.31. The molecule has 0 aromatic carbocycles. The third kappa shape index (κ3) is 2.45. The zero-order valence-corrected chi connectivity index (χ0v) is 11.0. The predicted molar refractivity (Wildman–Crippen MR) is 71.5 cm³/mol. The second-order valence-electron chi connectivity index (χ2n) is 4.96. The molecule has 1 heterocycles. The number of aliphatic imine (C=N–C) groups is 1.